The molecule has 0 saturated carbocycles. The lowest BCUT2D eigenvalue weighted by Gasteiger charge is -2.09. The number of Topliss-reactive ketones (excluding diaryl/α,β-unsaturated/α-hetero) is 1. The fourth-order valence-corrected chi connectivity index (χ4v) is 3.20. The number of aromatic nitrogens is 1. The van der Waals surface area contributed by atoms with E-state index in [0.717, 1.165) is 5.56 Å². The molecule has 0 amide bonds. The van der Waals surface area contributed by atoms with Crippen molar-refractivity contribution in [3.05, 3.63) is 70.7 Å². The number of ketones is 1. The molecule has 7 nitrogen and oxygen atoms in total. The highest BCUT2D eigenvalue weighted by Gasteiger charge is 2.16. The summed E-state index contributed by atoms with van der Waals surface area (Å²) in [7, 11) is 3.00. The summed E-state index contributed by atoms with van der Waals surface area (Å²) in [6.45, 7) is 0.208. The van der Waals surface area contributed by atoms with Gasteiger partial charge in [-0.05, 0) is 23.8 Å². The number of benzene rings is 2. The van der Waals surface area contributed by atoms with E-state index in [1.807, 2.05) is 30.3 Å². The summed E-state index contributed by atoms with van der Waals surface area (Å²) in [6, 6.07) is 14.6. The average Bonchev–Trinajstić information content (AvgIpc) is 3.25. The Balaban J connectivity index is 1.54. The summed E-state index contributed by atoms with van der Waals surface area (Å²) < 4.78 is 15.4. The standard InChI is InChI=1S/C21H20N2O5S/c1-26-18-9-8-15(10-19(18)27-2)17(24)12-28-20(25)16-13-29-21(23-16)22-11-14-6-4-3-5-7-14/h3-10,13H,11-12H2,1-2H3,(H,22,23). The first-order valence-corrected chi connectivity index (χ1v) is 9.64. The molecule has 0 aliphatic heterocycles. The van der Waals surface area contributed by atoms with Gasteiger partial charge in [0.2, 0.25) is 0 Å². The summed E-state index contributed by atoms with van der Waals surface area (Å²) in [5.74, 6) is -0.0582. The SMILES string of the molecule is COc1ccc(C(=O)COC(=O)c2csc(NCc3ccccc3)n2)cc1OC. The van der Waals surface area contributed by atoms with Gasteiger partial charge in [-0.25, -0.2) is 9.78 Å². The van der Waals surface area contributed by atoms with Crippen molar-refractivity contribution in [3.8, 4) is 11.5 Å². The van der Waals surface area contributed by atoms with E-state index in [2.05, 4.69) is 10.3 Å². The predicted molar refractivity (Wildman–Crippen MR) is 110 cm³/mol. The lowest BCUT2D eigenvalue weighted by atomic mass is 10.1. The number of rotatable bonds is 9. The summed E-state index contributed by atoms with van der Waals surface area (Å²) in [4.78, 5) is 28.7. The number of carbonyl (C=O) groups is 2. The highest BCUT2D eigenvalue weighted by molar-refractivity contribution is 7.13. The van der Waals surface area contributed by atoms with Crippen LogP contribution in [0.15, 0.2) is 53.9 Å². The van der Waals surface area contributed by atoms with Crippen molar-refractivity contribution in [2.24, 2.45) is 0 Å². The molecule has 8 heteroatoms. The largest absolute Gasteiger partial charge is 0.493 e. The topological polar surface area (TPSA) is 86.8 Å². The van der Waals surface area contributed by atoms with Crippen LogP contribution in [0.25, 0.3) is 0 Å². The van der Waals surface area contributed by atoms with Gasteiger partial charge in [0, 0.05) is 17.5 Å². The minimum atomic E-state index is -0.650. The first kappa shape index (κ1) is 20.3. The highest BCUT2D eigenvalue weighted by atomic mass is 32.1. The lowest BCUT2D eigenvalue weighted by molar-refractivity contribution is 0.0470. The second-order valence-corrected chi connectivity index (χ2v) is 6.80. The first-order valence-electron chi connectivity index (χ1n) is 8.76. The van der Waals surface area contributed by atoms with Crippen LogP contribution in [0.1, 0.15) is 26.4 Å². The number of nitrogens with one attached hydrogen (secondary N) is 1. The van der Waals surface area contributed by atoms with Crippen LogP contribution in [-0.4, -0.2) is 37.6 Å². The Kier molecular flexibility index (Phi) is 6.80. The van der Waals surface area contributed by atoms with Gasteiger partial charge in [0.05, 0.1) is 14.2 Å². The number of esters is 1. The third-order valence-corrected chi connectivity index (χ3v) is 4.84. The van der Waals surface area contributed by atoms with E-state index in [1.54, 1.807) is 23.6 Å². The fourth-order valence-electron chi connectivity index (χ4n) is 2.52. The highest BCUT2D eigenvalue weighted by Crippen LogP contribution is 2.27. The summed E-state index contributed by atoms with van der Waals surface area (Å²) in [5, 5.41) is 5.35. The van der Waals surface area contributed by atoms with E-state index in [9.17, 15) is 9.59 Å². The number of hydrogen-bond donors (Lipinski definition) is 1. The van der Waals surface area contributed by atoms with Gasteiger partial charge >= 0.3 is 5.97 Å². The minimum absolute atomic E-state index is 0.158. The van der Waals surface area contributed by atoms with Crippen LogP contribution in [0.4, 0.5) is 5.13 Å². The van der Waals surface area contributed by atoms with Gasteiger partial charge in [0.15, 0.2) is 34.7 Å². The molecule has 0 spiro atoms. The Hall–Kier alpha value is -3.39. The molecule has 1 aromatic heterocycles. The van der Waals surface area contributed by atoms with Crippen molar-refractivity contribution < 1.29 is 23.8 Å². The molecule has 0 radical (unpaired) electrons. The maximum absolute atomic E-state index is 12.3. The molecule has 1 heterocycles. The van der Waals surface area contributed by atoms with Crippen molar-refractivity contribution >= 4 is 28.2 Å². The summed E-state index contributed by atoms with van der Waals surface area (Å²) in [6.07, 6.45) is 0. The van der Waals surface area contributed by atoms with E-state index >= 15 is 0 Å². The Morgan fingerprint density at radius 2 is 1.79 bits per heavy atom. The van der Waals surface area contributed by atoms with E-state index in [4.69, 9.17) is 14.2 Å². The third kappa shape index (κ3) is 5.32. The van der Waals surface area contributed by atoms with Crippen LogP contribution in [-0.2, 0) is 11.3 Å². The second-order valence-electron chi connectivity index (χ2n) is 5.95. The molecule has 0 aliphatic rings. The van der Waals surface area contributed by atoms with Gasteiger partial charge in [-0.2, -0.15) is 0 Å². The van der Waals surface area contributed by atoms with Crippen LogP contribution in [0.3, 0.4) is 0 Å². The summed E-state index contributed by atoms with van der Waals surface area (Å²) in [5.41, 5.74) is 1.62. The number of methoxy groups -OCH3 is 2. The molecule has 0 aliphatic carbocycles. The summed E-state index contributed by atoms with van der Waals surface area (Å²) >= 11 is 1.30. The lowest BCUT2D eigenvalue weighted by Crippen LogP contribution is -2.14. The number of thiazole rings is 1. The normalized spacial score (nSPS) is 10.3. The van der Waals surface area contributed by atoms with Crippen LogP contribution in [0.5, 0.6) is 11.5 Å². The Bertz CT molecular complexity index is 988. The first-order chi connectivity index (χ1) is 14.1. The van der Waals surface area contributed by atoms with Crippen LogP contribution < -0.4 is 14.8 Å². The molecule has 0 unspecified atom stereocenters. The van der Waals surface area contributed by atoms with Crippen molar-refractivity contribution in [2.45, 2.75) is 6.54 Å². The third-order valence-electron chi connectivity index (χ3n) is 4.04. The maximum atomic E-state index is 12.3. The fraction of sp³-hybridized carbons (Fsp3) is 0.190. The Morgan fingerprint density at radius 1 is 1.03 bits per heavy atom. The quantitative estimate of drug-likeness (QED) is 0.422. The average molecular weight is 412 g/mol. The van der Waals surface area contributed by atoms with E-state index < -0.39 is 12.6 Å². The van der Waals surface area contributed by atoms with Crippen LogP contribution >= 0.6 is 11.3 Å². The number of hydrogen-bond acceptors (Lipinski definition) is 8. The van der Waals surface area contributed by atoms with E-state index in [0.29, 0.717) is 28.7 Å². The van der Waals surface area contributed by atoms with E-state index in [-0.39, 0.29) is 11.5 Å². The molecule has 0 atom stereocenters. The minimum Gasteiger partial charge on any atom is -0.493 e. The number of nitrogens with zero attached hydrogens (tertiary/aromatic N) is 1. The molecule has 3 rings (SSSR count). The van der Waals surface area contributed by atoms with Gasteiger partial charge in [-0.1, -0.05) is 30.3 Å². The Morgan fingerprint density at radius 3 is 2.52 bits per heavy atom. The van der Waals surface area contributed by atoms with Crippen molar-refractivity contribution in [2.75, 3.05) is 26.1 Å². The monoisotopic (exact) mass is 412 g/mol. The Labute approximate surface area is 172 Å². The molecule has 0 bridgehead atoms. The van der Waals surface area contributed by atoms with Crippen LogP contribution in [0.2, 0.25) is 0 Å². The van der Waals surface area contributed by atoms with Gasteiger partial charge in [-0.3, -0.25) is 4.79 Å². The molecule has 0 saturated heterocycles. The molecule has 150 valence electrons. The van der Waals surface area contributed by atoms with Crippen LogP contribution in [0, 0.1) is 0 Å². The molecule has 2 aromatic carbocycles. The number of anilines is 1. The zero-order valence-electron chi connectivity index (χ0n) is 16.0. The zero-order chi connectivity index (χ0) is 20.6. The molecule has 1 N–H and O–H groups in total. The van der Waals surface area contributed by atoms with Crippen molar-refractivity contribution in [3.63, 3.8) is 0 Å². The number of ether oxygens (including phenoxy) is 3. The maximum Gasteiger partial charge on any atom is 0.358 e. The van der Waals surface area contributed by atoms with Gasteiger partial charge in [0.1, 0.15) is 0 Å². The molecule has 3 aromatic rings. The van der Waals surface area contributed by atoms with Gasteiger partial charge in [0.25, 0.3) is 0 Å². The zero-order valence-corrected chi connectivity index (χ0v) is 16.8. The number of carbonyl (C=O) groups excluding carboxylic acids is 2. The smallest absolute Gasteiger partial charge is 0.358 e. The van der Waals surface area contributed by atoms with Crippen molar-refractivity contribution in [1.29, 1.82) is 0 Å². The van der Waals surface area contributed by atoms with E-state index in [1.165, 1.54) is 25.6 Å². The molecule has 0 fully saturated rings. The van der Waals surface area contributed by atoms with Gasteiger partial charge < -0.3 is 19.5 Å². The molecular weight excluding hydrogens is 392 g/mol. The second kappa shape index (κ2) is 9.70. The molecular formula is C21H20N2O5S. The molecule has 29 heavy (non-hydrogen) atoms. The predicted octanol–water partition coefficient (Wildman–Crippen LogP) is 3.81. The van der Waals surface area contributed by atoms with Crippen molar-refractivity contribution in [1.82, 2.24) is 4.98 Å². The van der Waals surface area contributed by atoms with Gasteiger partial charge in [-0.15, -0.1) is 11.3 Å².